The molecule has 0 N–H and O–H groups in total. The predicted molar refractivity (Wildman–Crippen MR) is 108 cm³/mol. The highest BCUT2D eigenvalue weighted by Crippen LogP contribution is 2.42. The Bertz CT molecular complexity index is 898. The van der Waals surface area contributed by atoms with Gasteiger partial charge in [0.25, 0.3) is 0 Å². The number of methoxy groups -OCH3 is 1. The number of fused-ring (bicyclic) bond motifs is 1. The molecule has 1 aliphatic heterocycles. The molecule has 0 atom stereocenters. The van der Waals surface area contributed by atoms with E-state index in [1.165, 1.54) is 33.7 Å². The second kappa shape index (κ2) is 7.98. The summed E-state index contributed by atoms with van der Waals surface area (Å²) in [6, 6.07) is 13.2. The lowest BCUT2D eigenvalue weighted by Gasteiger charge is -2.16. The summed E-state index contributed by atoms with van der Waals surface area (Å²) in [7, 11) is -4.29. The molecule has 7 heteroatoms. The zero-order valence-electron chi connectivity index (χ0n) is 17.1. The van der Waals surface area contributed by atoms with Crippen molar-refractivity contribution in [3.05, 3.63) is 47.5 Å². The van der Waals surface area contributed by atoms with Gasteiger partial charge < -0.3 is 22.0 Å². The van der Waals surface area contributed by atoms with Gasteiger partial charge in [0.15, 0.2) is 5.71 Å². The zero-order valence-corrected chi connectivity index (χ0v) is 17.1. The molecule has 0 aromatic heterocycles. The van der Waals surface area contributed by atoms with E-state index >= 15 is 0 Å². The van der Waals surface area contributed by atoms with E-state index in [1.807, 2.05) is 6.07 Å². The van der Waals surface area contributed by atoms with Crippen LogP contribution in [0, 0.1) is 6.92 Å². The Hall–Kier alpha value is -2.31. The Labute approximate surface area is 164 Å². The van der Waals surface area contributed by atoms with E-state index in [-0.39, 0.29) is 5.41 Å². The Kier molecular flexibility index (Phi) is 6.26. The van der Waals surface area contributed by atoms with Gasteiger partial charge >= 0.3 is 7.25 Å². The fourth-order valence-corrected chi connectivity index (χ4v) is 3.65. The summed E-state index contributed by atoms with van der Waals surface area (Å²) in [5, 5.41) is 0. The van der Waals surface area contributed by atoms with Crippen LogP contribution in [0.1, 0.15) is 38.8 Å². The fraction of sp³-hybridized carbons (Fsp3) is 0.381. The topological polar surface area (TPSA) is 12.2 Å². The maximum atomic E-state index is 9.75. The molecule has 3 rings (SSSR count). The van der Waals surface area contributed by atoms with Gasteiger partial charge in [-0.15, -0.1) is 0 Å². The summed E-state index contributed by atoms with van der Waals surface area (Å²) in [6.07, 6.45) is 0. The van der Waals surface area contributed by atoms with Gasteiger partial charge in [-0.3, -0.25) is 0 Å². The maximum Gasteiger partial charge on any atom is 0.673 e. The molecule has 152 valence electrons. The molecule has 0 saturated carbocycles. The van der Waals surface area contributed by atoms with E-state index in [1.54, 1.807) is 7.11 Å². The zero-order chi connectivity index (χ0) is 21.3. The molecule has 2 aromatic carbocycles. The van der Waals surface area contributed by atoms with Crippen molar-refractivity contribution in [2.45, 2.75) is 40.0 Å². The van der Waals surface area contributed by atoms with E-state index in [9.17, 15) is 17.3 Å². The summed E-state index contributed by atoms with van der Waals surface area (Å²) in [5.74, 6) is 0.911. The second-order valence-electron chi connectivity index (χ2n) is 7.36. The molecule has 0 radical (unpaired) electrons. The van der Waals surface area contributed by atoms with Gasteiger partial charge in [0, 0.05) is 18.6 Å². The molecule has 28 heavy (non-hydrogen) atoms. The summed E-state index contributed by atoms with van der Waals surface area (Å²) >= 11 is 0. The molecule has 0 aliphatic carbocycles. The molecule has 0 fully saturated rings. The molecule has 2 aromatic rings. The summed E-state index contributed by atoms with van der Waals surface area (Å²) in [5.41, 5.74) is 8.09. The van der Waals surface area contributed by atoms with E-state index < -0.39 is 7.25 Å². The Balaban J connectivity index is 0.000000500. The van der Waals surface area contributed by atoms with Crippen LogP contribution in [0.2, 0.25) is 0 Å². The van der Waals surface area contributed by atoms with Crippen LogP contribution in [0.4, 0.5) is 23.0 Å². The number of halogens is 4. The predicted octanol–water partition coefficient (Wildman–Crippen LogP) is 6.39. The molecule has 0 unspecified atom stereocenters. The number of hydrogen-bond acceptors (Lipinski definition) is 1. The number of aryl methyl sites for hydroxylation is 1. The fourth-order valence-electron chi connectivity index (χ4n) is 3.65. The second-order valence-corrected chi connectivity index (χ2v) is 7.36. The normalized spacial score (nSPS) is 15.1. The van der Waals surface area contributed by atoms with Crippen LogP contribution in [0.3, 0.4) is 0 Å². The van der Waals surface area contributed by atoms with Crippen molar-refractivity contribution in [2.75, 3.05) is 13.7 Å². The first kappa shape index (κ1) is 22.0. The SMILES string of the molecule is CC[N+]1=C(C)C(C)(C)c2cc(-c3ccc(OC)cc3C)ccc21.F[B-](F)(F)F. The van der Waals surface area contributed by atoms with Gasteiger partial charge in [-0.25, -0.2) is 0 Å². The molecular formula is C21H26BF4NO. The molecule has 0 spiro atoms. The van der Waals surface area contributed by atoms with Gasteiger partial charge in [0.2, 0.25) is 5.69 Å². The van der Waals surface area contributed by atoms with Gasteiger partial charge in [-0.1, -0.05) is 6.07 Å². The lowest BCUT2D eigenvalue weighted by molar-refractivity contribution is -0.434. The minimum Gasteiger partial charge on any atom is -0.497 e. The quantitative estimate of drug-likeness (QED) is 0.333. The summed E-state index contributed by atoms with van der Waals surface area (Å²) in [6.45, 7) is 12.3. The van der Waals surface area contributed by atoms with Crippen molar-refractivity contribution in [1.82, 2.24) is 0 Å². The molecule has 0 amide bonds. The van der Waals surface area contributed by atoms with Gasteiger partial charge in [-0.2, -0.15) is 4.58 Å². The largest absolute Gasteiger partial charge is 0.673 e. The van der Waals surface area contributed by atoms with E-state index in [4.69, 9.17) is 4.74 Å². The monoisotopic (exact) mass is 395 g/mol. The van der Waals surface area contributed by atoms with Crippen LogP contribution in [-0.4, -0.2) is 31.2 Å². The van der Waals surface area contributed by atoms with Crippen molar-refractivity contribution in [3.63, 3.8) is 0 Å². The third-order valence-corrected chi connectivity index (χ3v) is 5.33. The van der Waals surface area contributed by atoms with Gasteiger partial charge in [-0.05, 0) is 68.7 Å². The van der Waals surface area contributed by atoms with Crippen LogP contribution >= 0.6 is 0 Å². The molecular weight excluding hydrogens is 369 g/mol. The van der Waals surface area contributed by atoms with Crippen molar-refractivity contribution < 1.29 is 26.6 Å². The van der Waals surface area contributed by atoms with Crippen LogP contribution in [0.15, 0.2) is 36.4 Å². The first-order valence-electron chi connectivity index (χ1n) is 9.18. The lowest BCUT2D eigenvalue weighted by Crippen LogP contribution is -2.26. The Morgan fingerprint density at radius 2 is 1.61 bits per heavy atom. The standard InChI is InChI=1S/C21H26NO.BF4/c1-7-22-15(3)21(4,5)19-13-16(8-11-20(19)22)18-10-9-17(23-6)12-14(18)2;2-1(3,4)5/h8-13H,7H2,1-6H3;/q+1;-1. The molecule has 2 nitrogen and oxygen atoms in total. The summed E-state index contributed by atoms with van der Waals surface area (Å²) < 4.78 is 46.8. The molecule has 0 saturated heterocycles. The van der Waals surface area contributed by atoms with Crippen molar-refractivity contribution in [1.29, 1.82) is 0 Å². The first-order chi connectivity index (χ1) is 12.9. The average molecular weight is 395 g/mol. The minimum absolute atomic E-state index is 0.0850. The number of benzene rings is 2. The van der Waals surface area contributed by atoms with Crippen LogP contribution in [0.5, 0.6) is 5.75 Å². The molecule has 1 heterocycles. The van der Waals surface area contributed by atoms with Crippen LogP contribution in [-0.2, 0) is 5.41 Å². The van der Waals surface area contributed by atoms with Crippen molar-refractivity contribution in [2.24, 2.45) is 0 Å². The molecule has 1 aliphatic rings. The molecule has 0 bridgehead atoms. The Morgan fingerprint density at radius 3 is 2.11 bits per heavy atom. The van der Waals surface area contributed by atoms with Crippen LogP contribution in [0.25, 0.3) is 11.1 Å². The van der Waals surface area contributed by atoms with E-state index in [0.717, 1.165) is 12.3 Å². The number of nitrogens with zero attached hydrogens (tertiary/aromatic N) is 1. The lowest BCUT2D eigenvalue weighted by atomic mass is 9.81. The van der Waals surface area contributed by atoms with Crippen molar-refractivity contribution >= 4 is 18.7 Å². The third kappa shape index (κ3) is 4.57. The minimum atomic E-state index is -6.00. The first-order valence-corrected chi connectivity index (χ1v) is 9.18. The third-order valence-electron chi connectivity index (χ3n) is 5.33. The van der Waals surface area contributed by atoms with Crippen LogP contribution < -0.4 is 4.74 Å². The highest BCUT2D eigenvalue weighted by atomic mass is 19.5. The highest BCUT2D eigenvalue weighted by Gasteiger charge is 2.42. The summed E-state index contributed by atoms with van der Waals surface area (Å²) in [4.78, 5) is 0. The Morgan fingerprint density at radius 1 is 1.00 bits per heavy atom. The number of ether oxygens (including phenoxy) is 1. The average Bonchev–Trinajstić information content (AvgIpc) is 2.79. The smallest absolute Gasteiger partial charge is 0.497 e. The number of rotatable bonds is 3. The van der Waals surface area contributed by atoms with E-state index in [2.05, 4.69) is 69.5 Å². The van der Waals surface area contributed by atoms with E-state index in [0.29, 0.717) is 0 Å². The van der Waals surface area contributed by atoms with Gasteiger partial charge in [0.1, 0.15) is 12.3 Å². The number of hydrogen-bond donors (Lipinski definition) is 0. The highest BCUT2D eigenvalue weighted by molar-refractivity contribution is 6.50. The van der Waals surface area contributed by atoms with Crippen molar-refractivity contribution in [3.8, 4) is 16.9 Å². The maximum absolute atomic E-state index is 9.75. The van der Waals surface area contributed by atoms with Gasteiger partial charge in [0.05, 0.1) is 12.5 Å².